The summed E-state index contributed by atoms with van der Waals surface area (Å²) in [5.74, 6) is -0.0118. The second-order valence-corrected chi connectivity index (χ2v) is 8.68. The maximum Gasteiger partial charge on any atom is 0.258 e. The van der Waals surface area contributed by atoms with Gasteiger partial charge in [-0.3, -0.25) is 9.69 Å². The lowest BCUT2D eigenvalue weighted by Crippen LogP contribution is -2.28. The third-order valence-corrected chi connectivity index (χ3v) is 5.83. The minimum absolute atomic E-state index is 0.0118. The van der Waals surface area contributed by atoms with Crippen LogP contribution in [0.3, 0.4) is 0 Å². The topological polar surface area (TPSA) is 35.9 Å². The van der Waals surface area contributed by atoms with Gasteiger partial charge in [0.15, 0.2) is 0 Å². The maximum absolute atomic E-state index is 12.9. The number of rotatable bonds is 5. The highest BCUT2D eigenvalue weighted by Crippen LogP contribution is 2.33. The van der Waals surface area contributed by atoms with Gasteiger partial charge in [-0.2, -0.15) is 5.10 Å². The number of halogens is 2. The molecular weight excluding hydrogens is 494 g/mol. The molecule has 0 N–H and O–H groups in total. The average Bonchev–Trinajstić information content (AvgIpc) is 3.04. The molecule has 1 heterocycles. The standard InChI is InChI=1S/C23H19Br2N3O/c24-20-10-6-17(7-11-20)14-26-28-22(29)16-27(15-18-4-2-1-3-5-18)23(28)19-8-12-21(25)13-9-19/h1-14,23H,15-16H2/b26-14-/t23-/m0/s1. The monoisotopic (exact) mass is 511 g/mol. The Morgan fingerprint density at radius 1 is 0.897 bits per heavy atom. The van der Waals surface area contributed by atoms with Crippen molar-refractivity contribution in [1.82, 2.24) is 9.91 Å². The minimum atomic E-state index is -0.248. The number of hydrazone groups is 1. The highest BCUT2D eigenvalue weighted by Gasteiger charge is 2.38. The summed E-state index contributed by atoms with van der Waals surface area (Å²) < 4.78 is 2.01. The molecule has 1 fully saturated rings. The molecule has 0 aliphatic carbocycles. The first-order valence-electron chi connectivity index (χ1n) is 9.25. The van der Waals surface area contributed by atoms with Crippen LogP contribution in [0.15, 0.2) is 92.9 Å². The zero-order chi connectivity index (χ0) is 20.2. The van der Waals surface area contributed by atoms with Crippen LogP contribution in [0.1, 0.15) is 22.9 Å². The lowest BCUT2D eigenvalue weighted by molar-refractivity contribution is -0.128. The smallest absolute Gasteiger partial charge is 0.258 e. The van der Waals surface area contributed by atoms with Crippen molar-refractivity contribution in [2.45, 2.75) is 12.7 Å². The van der Waals surface area contributed by atoms with Crippen LogP contribution in [0.4, 0.5) is 0 Å². The molecule has 4 rings (SSSR count). The molecule has 3 aromatic carbocycles. The molecule has 1 aliphatic heterocycles. The van der Waals surface area contributed by atoms with Crippen molar-refractivity contribution < 1.29 is 4.79 Å². The molecule has 0 spiro atoms. The number of nitrogens with zero attached hydrogens (tertiary/aromatic N) is 3. The van der Waals surface area contributed by atoms with Gasteiger partial charge in [0, 0.05) is 15.5 Å². The normalized spacial score (nSPS) is 17.4. The first kappa shape index (κ1) is 20.0. The van der Waals surface area contributed by atoms with Gasteiger partial charge in [-0.05, 0) is 41.0 Å². The maximum atomic E-state index is 12.9. The number of carbonyl (C=O) groups excluding carboxylic acids is 1. The molecule has 1 saturated heterocycles. The van der Waals surface area contributed by atoms with E-state index in [1.165, 1.54) is 5.56 Å². The Kier molecular flexibility index (Phi) is 6.23. The summed E-state index contributed by atoms with van der Waals surface area (Å²) in [6, 6.07) is 26.1. The van der Waals surface area contributed by atoms with Crippen LogP contribution in [-0.4, -0.2) is 28.6 Å². The zero-order valence-electron chi connectivity index (χ0n) is 15.6. The Bertz CT molecular complexity index is 1000. The summed E-state index contributed by atoms with van der Waals surface area (Å²) in [4.78, 5) is 15.0. The molecule has 146 valence electrons. The Labute approximate surface area is 187 Å². The lowest BCUT2D eigenvalue weighted by atomic mass is 10.1. The van der Waals surface area contributed by atoms with Crippen LogP contribution in [0.25, 0.3) is 0 Å². The summed E-state index contributed by atoms with van der Waals surface area (Å²) in [6.07, 6.45) is 1.49. The molecule has 0 unspecified atom stereocenters. The van der Waals surface area contributed by atoms with E-state index in [9.17, 15) is 4.79 Å². The van der Waals surface area contributed by atoms with Crippen LogP contribution >= 0.6 is 31.9 Å². The largest absolute Gasteiger partial charge is 0.271 e. The number of hydrogen-bond donors (Lipinski definition) is 0. The fraction of sp³-hybridized carbons (Fsp3) is 0.130. The van der Waals surface area contributed by atoms with Gasteiger partial charge in [0.1, 0.15) is 6.17 Å². The van der Waals surface area contributed by atoms with Crippen molar-refractivity contribution >= 4 is 44.0 Å². The lowest BCUT2D eigenvalue weighted by Gasteiger charge is -2.27. The molecular formula is C23H19Br2N3O. The molecule has 0 radical (unpaired) electrons. The van der Waals surface area contributed by atoms with Gasteiger partial charge >= 0.3 is 0 Å². The molecule has 1 amide bonds. The first-order valence-corrected chi connectivity index (χ1v) is 10.8. The van der Waals surface area contributed by atoms with Crippen LogP contribution in [-0.2, 0) is 11.3 Å². The molecule has 3 aromatic rings. The summed E-state index contributed by atoms with van der Waals surface area (Å²) >= 11 is 6.93. The molecule has 1 aliphatic rings. The Morgan fingerprint density at radius 3 is 2.17 bits per heavy atom. The fourth-order valence-corrected chi connectivity index (χ4v) is 3.90. The molecule has 0 aromatic heterocycles. The van der Waals surface area contributed by atoms with Gasteiger partial charge < -0.3 is 0 Å². The van der Waals surface area contributed by atoms with Gasteiger partial charge in [-0.1, -0.05) is 86.5 Å². The fourth-order valence-electron chi connectivity index (χ4n) is 3.38. The van der Waals surface area contributed by atoms with Crippen LogP contribution in [0, 0.1) is 0 Å². The summed E-state index contributed by atoms with van der Waals surface area (Å²) in [5.41, 5.74) is 3.14. The van der Waals surface area contributed by atoms with Gasteiger partial charge in [0.25, 0.3) is 5.91 Å². The van der Waals surface area contributed by atoms with Crippen LogP contribution in [0.2, 0.25) is 0 Å². The number of benzene rings is 3. The number of carbonyl (C=O) groups is 1. The van der Waals surface area contributed by atoms with Gasteiger partial charge in [-0.15, -0.1) is 0 Å². The second kappa shape index (κ2) is 9.03. The summed E-state index contributed by atoms with van der Waals surface area (Å²) in [5, 5.41) is 6.16. The van der Waals surface area contributed by atoms with E-state index in [1.807, 2.05) is 66.7 Å². The SMILES string of the molecule is O=C1CN(Cc2ccccc2)[C@H](c2ccc(Br)cc2)N1/N=C\c1ccc(Br)cc1. The molecule has 4 nitrogen and oxygen atoms in total. The van der Waals surface area contributed by atoms with Crippen LogP contribution in [0.5, 0.6) is 0 Å². The van der Waals surface area contributed by atoms with E-state index in [2.05, 4.69) is 54.0 Å². The van der Waals surface area contributed by atoms with Crippen molar-refractivity contribution in [3.8, 4) is 0 Å². The molecule has 0 bridgehead atoms. The Morgan fingerprint density at radius 2 is 1.52 bits per heavy atom. The molecule has 1 atom stereocenters. The van der Waals surface area contributed by atoms with E-state index in [0.717, 1.165) is 20.1 Å². The average molecular weight is 513 g/mol. The van der Waals surface area contributed by atoms with Crippen molar-refractivity contribution in [2.24, 2.45) is 5.10 Å². The third kappa shape index (κ3) is 4.83. The number of amides is 1. The third-order valence-electron chi connectivity index (χ3n) is 4.77. The molecule has 0 saturated carbocycles. The van der Waals surface area contributed by atoms with E-state index >= 15 is 0 Å². The van der Waals surface area contributed by atoms with Gasteiger partial charge in [-0.25, -0.2) is 5.01 Å². The Hall–Kier alpha value is -2.28. The van der Waals surface area contributed by atoms with E-state index in [4.69, 9.17) is 0 Å². The van der Waals surface area contributed by atoms with E-state index in [1.54, 1.807) is 11.2 Å². The summed E-state index contributed by atoms with van der Waals surface area (Å²) in [7, 11) is 0. The second-order valence-electron chi connectivity index (χ2n) is 6.85. The van der Waals surface area contributed by atoms with E-state index in [-0.39, 0.29) is 12.1 Å². The predicted molar refractivity (Wildman–Crippen MR) is 122 cm³/mol. The quantitative estimate of drug-likeness (QED) is 0.418. The number of hydrogen-bond acceptors (Lipinski definition) is 3. The van der Waals surface area contributed by atoms with E-state index < -0.39 is 0 Å². The molecule has 29 heavy (non-hydrogen) atoms. The van der Waals surface area contributed by atoms with Crippen molar-refractivity contribution in [1.29, 1.82) is 0 Å². The first-order chi connectivity index (χ1) is 14.1. The molecule has 6 heteroatoms. The highest BCUT2D eigenvalue weighted by atomic mass is 79.9. The summed E-state index contributed by atoms with van der Waals surface area (Å²) in [6.45, 7) is 1.00. The van der Waals surface area contributed by atoms with Gasteiger partial charge in [0.05, 0.1) is 12.8 Å². The van der Waals surface area contributed by atoms with Crippen molar-refractivity contribution in [2.75, 3.05) is 6.54 Å². The van der Waals surface area contributed by atoms with Crippen molar-refractivity contribution in [3.63, 3.8) is 0 Å². The Balaban J connectivity index is 1.65. The van der Waals surface area contributed by atoms with Crippen molar-refractivity contribution in [3.05, 3.63) is 104 Å². The zero-order valence-corrected chi connectivity index (χ0v) is 18.8. The predicted octanol–water partition coefficient (Wildman–Crippen LogP) is 5.59. The van der Waals surface area contributed by atoms with Gasteiger partial charge in [0.2, 0.25) is 0 Å². The van der Waals surface area contributed by atoms with Crippen LogP contribution < -0.4 is 0 Å². The highest BCUT2D eigenvalue weighted by molar-refractivity contribution is 9.10. The van der Waals surface area contributed by atoms with E-state index in [0.29, 0.717) is 13.1 Å². The minimum Gasteiger partial charge on any atom is -0.271 e.